The number of hydrogen-bond donors (Lipinski definition) is 3. The molecule has 0 fully saturated rings. The van der Waals surface area contributed by atoms with Crippen LogP contribution < -0.4 is 0 Å². The molecule has 2 atom stereocenters. The van der Waals surface area contributed by atoms with Gasteiger partial charge in [0.1, 0.15) is 0 Å². The minimum atomic E-state index is -1.34. The van der Waals surface area contributed by atoms with Crippen LogP contribution in [0, 0.1) is 0 Å². The SMILES string of the molecule is O=C(O)C[C@@]1(O)C=C[C@@H](O)C1. The monoisotopic (exact) mass is 158 g/mol. The third kappa shape index (κ3) is 2.03. The molecule has 0 saturated carbocycles. The summed E-state index contributed by atoms with van der Waals surface area (Å²) in [6.07, 6.45) is 1.77. The molecule has 11 heavy (non-hydrogen) atoms. The van der Waals surface area contributed by atoms with E-state index in [1.165, 1.54) is 12.2 Å². The Hall–Kier alpha value is -0.870. The van der Waals surface area contributed by atoms with Gasteiger partial charge in [0.25, 0.3) is 0 Å². The molecule has 0 heterocycles. The second kappa shape index (κ2) is 2.64. The van der Waals surface area contributed by atoms with Crippen LogP contribution in [0.4, 0.5) is 0 Å². The van der Waals surface area contributed by atoms with Crippen LogP contribution in [-0.2, 0) is 4.79 Å². The number of aliphatic carboxylic acids is 1. The lowest BCUT2D eigenvalue weighted by Crippen LogP contribution is -2.28. The number of hydrogen-bond acceptors (Lipinski definition) is 3. The molecule has 1 rings (SSSR count). The van der Waals surface area contributed by atoms with E-state index in [-0.39, 0.29) is 12.8 Å². The van der Waals surface area contributed by atoms with Gasteiger partial charge in [0.15, 0.2) is 0 Å². The largest absolute Gasteiger partial charge is 0.481 e. The van der Waals surface area contributed by atoms with Gasteiger partial charge in [-0.2, -0.15) is 0 Å². The Morgan fingerprint density at radius 2 is 2.36 bits per heavy atom. The van der Waals surface area contributed by atoms with E-state index in [2.05, 4.69) is 0 Å². The van der Waals surface area contributed by atoms with Crippen molar-refractivity contribution in [2.75, 3.05) is 0 Å². The fourth-order valence-electron chi connectivity index (χ4n) is 1.18. The number of aliphatic hydroxyl groups is 2. The third-order valence-corrected chi connectivity index (χ3v) is 1.65. The number of carboxylic acids is 1. The molecule has 0 aromatic carbocycles. The summed E-state index contributed by atoms with van der Waals surface area (Å²) >= 11 is 0. The van der Waals surface area contributed by atoms with Gasteiger partial charge in [-0.1, -0.05) is 12.2 Å². The molecule has 62 valence electrons. The fraction of sp³-hybridized carbons (Fsp3) is 0.571. The molecule has 1 aliphatic rings. The van der Waals surface area contributed by atoms with Gasteiger partial charge < -0.3 is 15.3 Å². The summed E-state index contributed by atoms with van der Waals surface area (Å²) < 4.78 is 0. The van der Waals surface area contributed by atoms with Crippen molar-refractivity contribution in [2.45, 2.75) is 24.5 Å². The normalized spacial score (nSPS) is 36.0. The van der Waals surface area contributed by atoms with Crippen molar-refractivity contribution in [3.05, 3.63) is 12.2 Å². The highest BCUT2D eigenvalue weighted by atomic mass is 16.4. The minimum absolute atomic E-state index is 0.0826. The van der Waals surface area contributed by atoms with E-state index >= 15 is 0 Å². The lowest BCUT2D eigenvalue weighted by Gasteiger charge is -2.17. The van der Waals surface area contributed by atoms with Gasteiger partial charge in [-0.3, -0.25) is 4.79 Å². The Morgan fingerprint density at radius 1 is 1.73 bits per heavy atom. The van der Waals surface area contributed by atoms with Crippen LogP contribution in [0.15, 0.2) is 12.2 Å². The van der Waals surface area contributed by atoms with Gasteiger partial charge in [0.05, 0.1) is 18.1 Å². The molecule has 0 unspecified atom stereocenters. The van der Waals surface area contributed by atoms with Crippen LogP contribution in [-0.4, -0.2) is 33.0 Å². The molecule has 1 aliphatic carbocycles. The maximum Gasteiger partial charge on any atom is 0.306 e. The molecule has 4 heteroatoms. The highest BCUT2D eigenvalue weighted by Crippen LogP contribution is 2.25. The van der Waals surface area contributed by atoms with Crippen LogP contribution >= 0.6 is 0 Å². The Labute approximate surface area is 63.8 Å². The van der Waals surface area contributed by atoms with Crippen molar-refractivity contribution in [3.8, 4) is 0 Å². The predicted molar refractivity (Wildman–Crippen MR) is 37.0 cm³/mol. The first-order valence-electron chi connectivity index (χ1n) is 3.33. The van der Waals surface area contributed by atoms with E-state index in [0.29, 0.717) is 0 Å². The lowest BCUT2D eigenvalue weighted by atomic mass is 9.99. The molecule has 0 amide bonds. The summed E-state index contributed by atoms with van der Waals surface area (Å²) in [5.41, 5.74) is -1.34. The minimum Gasteiger partial charge on any atom is -0.481 e. The molecule has 0 aromatic heterocycles. The first-order chi connectivity index (χ1) is 5.02. The molecular formula is C7H10O4. The summed E-state index contributed by atoms with van der Waals surface area (Å²) in [5, 5.41) is 26.7. The molecule has 4 nitrogen and oxygen atoms in total. The second-order valence-electron chi connectivity index (χ2n) is 2.80. The maximum absolute atomic E-state index is 10.2. The zero-order chi connectivity index (χ0) is 8.48. The average molecular weight is 158 g/mol. The Bertz CT molecular complexity index is 199. The van der Waals surface area contributed by atoms with Crippen LogP contribution in [0.1, 0.15) is 12.8 Å². The number of carbonyl (C=O) groups is 1. The topological polar surface area (TPSA) is 77.8 Å². The van der Waals surface area contributed by atoms with Crippen molar-refractivity contribution < 1.29 is 20.1 Å². The second-order valence-corrected chi connectivity index (χ2v) is 2.80. The fourth-order valence-corrected chi connectivity index (χ4v) is 1.18. The van der Waals surface area contributed by atoms with Crippen LogP contribution in [0.2, 0.25) is 0 Å². The highest BCUT2D eigenvalue weighted by Gasteiger charge is 2.33. The van der Waals surface area contributed by atoms with Crippen molar-refractivity contribution >= 4 is 5.97 Å². The third-order valence-electron chi connectivity index (χ3n) is 1.65. The number of carboxylic acid groups (broad SMARTS) is 1. The van der Waals surface area contributed by atoms with E-state index in [9.17, 15) is 9.90 Å². The van der Waals surface area contributed by atoms with Gasteiger partial charge in [-0.15, -0.1) is 0 Å². The number of aliphatic hydroxyl groups excluding tert-OH is 1. The van der Waals surface area contributed by atoms with E-state index in [4.69, 9.17) is 10.2 Å². The van der Waals surface area contributed by atoms with Crippen molar-refractivity contribution in [3.63, 3.8) is 0 Å². The van der Waals surface area contributed by atoms with Crippen LogP contribution in [0.25, 0.3) is 0 Å². The van der Waals surface area contributed by atoms with E-state index in [1.807, 2.05) is 0 Å². The molecule has 0 aromatic rings. The summed E-state index contributed by atoms with van der Waals surface area (Å²) in [6, 6.07) is 0. The number of rotatable bonds is 2. The summed E-state index contributed by atoms with van der Waals surface area (Å²) in [5.74, 6) is -1.06. The average Bonchev–Trinajstić information content (AvgIpc) is 2.08. The summed E-state index contributed by atoms with van der Waals surface area (Å²) in [6.45, 7) is 0. The summed E-state index contributed by atoms with van der Waals surface area (Å²) in [4.78, 5) is 10.2. The zero-order valence-corrected chi connectivity index (χ0v) is 5.90. The maximum atomic E-state index is 10.2. The standard InChI is InChI=1S/C7H10O4/c8-5-1-2-7(11,3-5)4-6(9)10/h1-2,5,8,11H,3-4H2,(H,9,10)/t5-,7-/m1/s1. The molecule has 3 N–H and O–H groups in total. The van der Waals surface area contributed by atoms with E-state index in [1.54, 1.807) is 0 Å². The van der Waals surface area contributed by atoms with Gasteiger partial charge in [-0.25, -0.2) is 0 Å². The first kappa shape index (κ1) is 8.23. The van der Waals surface area contributed by atoms with Gasteiger partial charge in [0, 0.05) is 6.42 Å². The molecule has 0 spiro atoms. The van der Waals surface area contributed by atoms with E-state index < -0.39 is 17.7 Å². The van der Waals surface area contributed by atoms with Crippen molar-refractivity contribution in [2.24, 2.45) is 0 Å². The molecular weight excluding hydrogens is 148 g/mol. The van der Waals surface area contributed by atoms with E-state index in [0.717, 1.165) is 0 Å². The van der Waals surface area contributed by atoms with Crippen molar-refractivity contribution in [1.29, 1.82) is 0 Å². The molecule has 0 aliphatic heterocycles. The lowest BCUT2D eigenvalue weighted by molar-refractivity contribution is -0.141. The Balaban J connectivity index is 2.56. The van der Waals surface area contributed by atoms with Crippen LogP contribution in [0.3, 0.4) is 0 Å². The quantitative estimate of drug-likeness (QED) is 0.474. The van der Waals surface area contributed by atoms with Gasteiger partial charge in [0.2, 0.25) is 0 Å². The van der Waals surface area contributed by atoms with Crippen molar-refractivity contribution in [1.82, 2.24) is 0 Å². The molecule has 0 bridgehead atoms. The Kier molecular flexibility index (Phi) is 1.97. The van der Waals surface area contributed by atoms with Gasteiger partial charge >= 0.3 is 5.97 Å². The highest BCUT2D eigenvalue weighted by molar-refractivity contribution is 5.68. The van der Waals surface area contributed by atoms with Crippen LogP contribution in [0.5, 0.6) is 0 Å². The predicted octanol–water partition coefficient (Wildman–Crippen LogP) is -0.487. The zero-order valence-electron chi connectivity index (χ0n) is 5.90. The Morgan fingerprint density at radius 3 is 2.73 bits per heavy atom. The smallest absolute Gasteiger partial charge is 0.306 e. The van der Waals surface area contributed by atoms with Gasteiger partial charge in [-0.05, 0) is 0 Å². The molecule has 0 saturated heterocycles. The summed E-state index contributed by atoms with van der Waals surface area (Å²) in [7, 11) is 0. The molecule has 0 radical (unpaired) electrons. The first-order valence-corrected chi connectivity index (χ1v) is 3.33.